The summed E-state index contributed by atoms with van der Waals surface area (Å²) < 4.78 is 10.7. The molecule has 0 amide bonds. The van der Waals surface area contributed by atoms with E-state index >= 15 is 0 Å². The third kappa shape index (κ3) is 5.65. The summed E-state index contributed by atoms with van der Waals surface area (Å²) in [6.45, 7) is 7.12. The van der Waals surface area contributed by atoms with E-state index in [1.165, 1.54) is 0 Å². The molecule has 0 N–H and O–H groups in total. The van der Waals surface area contributed by atoms with E-state index in [-0.39, 0.29) is 0 Å². The van der Waals surface area contributed by atoms with E-state index in [9.17, 15) is 0 Å². The maximum atomic E-state index is 5.87. The number of ether oxygens (including phenoxy) is 2. The van der Waals surface area contributed by atoms with Crippen molar-refractivity contribution in [3.63, 3.8) is 0 Å². The second kappa shape index (κ2) is 8.03. The van der Waals surface area contributed by atoms with Crippen LogP contribution in [0.1, 0.15) is 25.6 Å². The Labute approximate surface area is 107 Å². The van der Waals surface area contributed by atoms with Crippen molar-refractivity contribution in [1.29, 1.82) is 0 Å². The van der Waals surface area contributed by atoms with Crippen LogP contribution in [0.2, 0.25) is 5.15 Å². The molecular weight excluding hydrogens is 240 g/mol. The summed E-state index contributed by atoms with van der Waals surface area (Å²) in [6.07, 6.45) is 3.69. The van der Waals surface area contributed by atoms with E-state index in [1.807, 2.05) is 13.0 Å². The third-order valence-electron chi connectivity index (χ3n) is 1.96. The average molecular weight is 257 g/mol. The van der Waals surface area contributed by atoms with Gasteiger partial charge in [-0.1, -0.05) is 17.7 Å². The number of halogens is 1. The summed E-state index contributed by atoms with van der Waals surface area (Å²) in [5.74, 6) is 1.03. The van der Waals surface area contributed by atoms with Crippen molar-refractivity contribution in [3.05, 3.63) is 29.7 Å². The Morgan fingerprint density at radius 1 is 1.47 bits per heavy atom. The van der Waals surface area contributed by atoms with E-state index in [0.717, 1.165) is 12.8 Å². The van der Waals surface area contributed by atoms with Gasteiger partial charge in [-0.3, -0.25) is 0 Å². The van der Waals surface area contributed by atoms with E-state index in [4.69, 9.17) is 21.1 Å². The zero-order chi connectivity index (χ0) is 12.5. The van der Waals surface area contributed by atoms with E-state index in [1.54, 1.807) is 6.07 Å². The van der Waals surface area contributed by atoms with Gasteiger partial charge in [-0.25, -0.2) is 4.98 Å². The minimum absolute atomic E-state index is 0.347. The molecule has 1 aromatic heterocycles. The van der Waals surface area contributed by atoms with Crippen molar-refractivity contribution in [3.8, 4) is 5.88 Å². The molecule has 0 aliphatic carbocycles. The van der Waals surface area contributed by atoms with Gasteiger partial charge in [-0.05, 0) is 19.8 Å². The highest BCUT2D eigenvalue weighted by Crippen LogP contribution is 2.14. The van der Waals surface area contributed by atoms with Gasteiger partial charge >= 0.3 is 0 Å². The lowest BCUT2D eigenvalue weighted by Gasteiger charge is -2.06. The van der Waals surface area contributed by atoms with Crippen LogP contribution < -0.4 is 4.74 Å². The molecule has 0 unspecified atom stereocenters. The summed E-state index contributed by atoms with van der Waals surface area (Å²) in [6, 6.07) is 1.60. The number of hydrogen-bond donors (Lipinski definition) is 0. The molecular formula is C12H17ClN2O2. The van der Waals surface area contributed by atoms with E-state index in [0.29, 0.717) is 36.7 Å². The van der Waals surface area contributed by atoms with Crippen LogP contribution in [-0.2, 0) is 11.3 Å². The number of nitrogens with zero attached hydrogens (tertiary/aromatic N) is 2. The van der Waals surface area contributed by atoms with E-state index in [2.05, 4.69) is 16.5 Å². The lowest BCUT2D eigenvalue weighted by atomic mass is 10.3. The van der Waals surface area contributed by atoms with Crippen molar-refractivity contribution in [2.75, 3.05) is 13.2 Å². The van der Waals surface area contributed by atoms with Gasteiger partial charge in [-0.2, -0.15) is 4.98 Å². The van der Waals surface area contributed by atoms with Crippen molar-refractivity contribution in [2.45, 2.75) is 26.4 Å². The fourth-order valence-electron chi connectivity index (χ4n) is 1.18. The first-order valence-corrected chi connectivity index (χ1v) is 5.99. The molecule has 1 heterocycles. The standard InChI is InChI=1S/C12H17ClN2O2/c1-3-5-6-7-17-12-8-10(13)14-11(15-12)9-16-4-2/h3,8H,1,4-7,9H2,2H3. The Balaban J connectivity index is 2.52. The molecule has 0 saturated heterocycles. The maximum absolute atomic E-state index is 5.87. The third-order valence-corrected chi connectivity index (χ3v) is 2.15. The number of hydrogen-bond acceptors (Lipinski definition) is 4. The molecule has 0 atom stereocenters. The molecule has 0 aromatic carbocycles. The minimum atomic E-state index is 0.347. The van der Waals surface area contributed by atoms with Crippen LogP contribution in [0, 0.1) is 0 Å². The average Bonchev–Trinajstić information content (AvgIpc) is 2.31. The summed E-state index contributed by atoms with van der Waals surface area (Å²) in [4.78, 5) is 8.25. The number of aromatic nitrogens is 2. The lowest BCUT2D eigenvalue weighted by molar-refractivity contribution is 0.127. The number of rotatable bonds is 8. The second-order valence-corrected chi connectivity index (χ2v) is 3.75. The van der Waals surface area contributed by atoms with Crippen LogP contribution >= 0.6 is 11.6 Å². The molecule has 1 aromatic rings. The molecule has 1 rings (SSSR count). The summed E-state index contributed by atoms with van der Waals surface area (Å²) in [7, 11) is 0. The molecule has 94 valence electrons. The predicted molar refractivity (Wildman–Crippen MR) is 67.3 cm³/mol. The topological polar surface area (TPSA) is 44.2 Å². The smallest absolute Gasteiger partial charge is 0.218 e. The van der Waals surface area contributed by atoms with Gasteiger partial charge in [0.25, 0.3) is 0 Å². The van der Waals surface area contributed by atoms with Gasteiger partial charge in [0.15, 0.2) is 5.82 Å². The first kappa shape index (κ1) is 13.9. The monoisotopic (exact) mass is 256 g/mol. The van der Waals surface area contributed by atoms with Gasteiger partial charge in [-0.15, -0.1) is 6.58 Å². The van der Waals surface area contributed by atoms with Crippen LogP contribution in [0.25, 0.3) is 0 Å². The van der Waals surface area contributed by atoms with E-state index < -0.39 is 0 Å². The second-order valence-electron chi connectivity index (χ2n) is 3.36. The SMILES string of the molecule is C=CCCCOc1cc(Cl)nc(COCC)n1. The fraction of sp³-hybridized carbons (Fsp3) is 0.500. The van der Waals surface area contributed by atoms with Gasteiger partial charge in [0, 0.05) is 12.7 Å². The largest absolute Gasteiger partial charge is 0.478 e. The van der Waals surface area contributed by atoms with Crippen LogP contribution in [0.3, 0.4) is 0 Å². The molecule has 0 aliphatic heterocycles. The quantitative estimate of drug-likeness (QED) is 0.407. The highest BCUT2D eigenvalue weighted by Gasteiger charge is 2.04. The van der Waals surface area contributed by atoms with Crippen molar-refractivity contribution < 1.29 is 9.47 Å². The lowest BCUT2D eigenvalue weighted by Crippen LogP contribution is -2.04. The van der Waals surface area contributed by atoms with Gasteiger partial charge < -0.3 is 9.47 Å². The first-order valence-electron chi connectivity index (χ1n) is 5.61. The summed E-state index contributed by atoms with van der Waals surface area (Å²) >= 11 is 5.87. The summed E-state index contributed by atoms with van der Waals surface area (Å²) in [5, 5.41) is 0.369. The van der Waals surface area contributed by atoms with Crippen LogP contribution in [0.15, 0.2) is 18.7 Å². The highest BCUT2D eigenvalue weighted by atomic mass is 35.5. The molecule has 17 heavy (non-hydrogen) atoms. The number of allylic oxidation sites excluding steroid dienone is 1. The van der Waals surface area contributed by atoms with Crippen molar-refractivity contribution >= 4 is 11.6 Å². The summed E-state index contributed by atoms with van der Waals surface area (Å²) in [5.41, 5.74) is 0. The Hall–Kier alpha value is -1.13. The predicted octanol–water partition coefficient (Wildman–Crippen LogP) is 3.01. The van der Waals surface area contributed by atoms with Crippen molar-refractivity contribution in [2.24, 2.45) is 0 Å². The van der Waals surface area contributed by atoms with Crippen molar-refractivity contribution in [1.82, 2.24) is 9.97 Å². The molecule has 0 spiro atoms. The van der Waals surface area contributed by atoms with Crippen LogP contribution in [0.5, 0.6) is 5.88 Å². The normalized spacial score (nSPS) is 10.2. The van der Waals surface area contributed by atoms with Gasteiger partial charge in [0.2, 0.25) is 5.88 Å². The van der Waals surface area contributed by atoms with Crippen LogP contribution in [-0.4, -0.2) is 23.2 Å². The zero-order valence-corrected chi connectivity index (χ0v) is 10.7. The Bertz CT molecular complexity index is 358. The molecule has 4 nitrogen and oxygen atoms in total. The molecule has 0 radical (unpaired) electrons. The molecule has 0 bridgehead atoms. The Morgan fingerprint density at radius 3 is 3.00 bits per heavy atom. The maximum Gasteiger partial charge on any atom is 0.218 e. The molecule has 0 fully saturated rings. The van der Waals surface area contributed by atoms with Gasteiger partial charge in [0.1, 0.15) is 11.8 Å². The fourth-order valence-corrected chi connectivity index (χ4v) is 1.37. The number of unbranched alkanes of at least 4 members (excludes halogenated alkanes) is 1. The molecule has 5 heteroatoms. The molecule has 0 aliphatic rings. The Kier molecular flexibility index (Phi) is 6.58. The molecule has 0 saturated carbocycles. The van der Waals surface area contributed by atoms with Crippen LogP contribution in [0.4, 0.5) is 0 Å². The van der Waals surface area contributed by atoms with Gasteiger partial charge in [0.05, 0.1) is 6.61 Å². The minimum Gasteiger partial charge on any atom is -0.478 e. The highest BCUT2D eigenvalue weighted by molar-refractivity contribution is 6.29. The first-order chi connectivity index (χ1) is 8.26. The zero-order valence-electron chi connectivity index (χ0n) is 9.99. The Morgan fingerprint density at radius 2 is 2.29 bits per heavy atom.